The second-order valence-electron chi connectivity index (χ2n) is 5.42. The summed E-state index contributed by atoms with van der Waals surface area (Å²) in [7, 11) is -3.55. The average Bonchev–Trinajstić information content (AvgIpc) is 2.41. The van der Waals surface area contributed by atoms with Gasteiger partial charge in [-0.1, -0.05) is 19.3 Å². The Kier molecular flexibility index (Phi) is 4.72. The fraction of sp³-hybridized carbons (Fsp3) is 0.500. The van der Waals surface area contributed by atoms with Crippen LogP contribution >= 0.6 is 0 Å². The second kappa shape index (κ2) is 6.34. The van der Waals surface area contributed by atoms with E-state index < -0.39 is 16.0 Å². The summed E-state index contributed by atoms with van der Waals surface area (Å²) in [6.45, 7) is 0. The lowest BCUT2D eigenvalue weighted by Crippen LogP contribution is -2.24. The van der Waals surface area contributed by atoms with Gasteiger partial charge in [0.05, 0.1) is 17.0 Å². The molecule has 116 valence electrons. The number of phenolic OH excluding ortho intramolecular Hbond substituents is 1. The molecule has 6 nitrogen and oxygen atoms in total. The van der Waals surface area contributed by atoms with E-state index in [1.807, 2.05) is 0 Å². The minimum atomic E-state index is -3.55. The van der Waals surface area contributed by atoms with E-state index in [2.05, 4.69) is 4.72 Å². The van der Waals surface area contributed by atoms with E-state index in [9.17, 15) is 18.3 Å². The fourth-order valence-corrected chi connectivity index (χ4v) is 4.17. The molecule has 21 heavy (non-hydrogen) atoms. The van der Waals surface area contributed by atoms with E-state index in [0.717, 1.165) is 38.2 Å². The first-order valence-corrected chi connectivity index (χ1v) is 8.59. The lowest BCUT2D eigenvalue weighted by Gasteiger charge is -2.21. The predicted molar refractivity (Wildman–Crippen MR) is 79.1 cm³/mol. The van der Waals surface area contributed by atoms with Crippen molar-refractivity contribution < 1.29 is 23.4 Å². The van der Waals surface area contributed by atoms with Crippen molar-refractivity contribution >= 4 is 21.7 Å². The van der Waals surface area contributed by atoms with Gasteiger partial charge >= 0.3 is 5.97 Å². The Hall–Kier alpha value is -1.76. The Bertz CT molecular complexity index is 620. The second-order valence-corrected chi connectivity index (χ2v) is 7.19. The van der Waals surface area contributed by atoms with E-state index in [0.29, 0.717) is 0 Å². The van der Waals surface area contributed by atoms with Crippen LogP contribution in [-0.2, 0) is 10.0 Å². The van der Waals surface area contributed by atoms with E-state index >= 15 is 0 Å². The standard InChI is InChI=1S/C14H19NO5S/c16-13-8-11(14(17)18)6-7-12(13)15-21(19,20)9-10-4-2-1-3-5-10/h6-8,10,15-16H,1-5,9H2,(H,17,18). The van der Waals surface area contributed by atoms with Gasteiger partial charge in [-0.2, -0.15) is 0 Å². The van der Waals surface area contributed by atoms with E-state index in [-0.39, 0.29) is 28.7 Å². The molecule has 0 aliphatic heterocycles. The van der Waals surface area contributed by atoms with Crippen molar-refractivity contribution in [2.24, 2.45) is 5.92 Å². The van der Waals surface area contributed by atoms with Crippen molar-refractivity contribution in [2.75, 3.05) is 10.5 Å². The number of hydrogen-bond donors (Lipinski definition) is 3. The number of rotatable bonds is 5. The first-order valence-electron chi connectivity index (χ1n) is 6.94. The van der Waals surface area contributed by atoms with Crippen molar-refractivity contribution in [3.05, 3.63) is 23.8 Å². The number of sulfonamides is 1. The van der Waals surface area contributed by atoms with Gasteiger partial charge in [0.15, 0.2) is 0 Å². The lowest BCUT2D eigenvalue weighted by atomic mass is 9.91. The number of hydrogen-bond acceptors (Lipinski definition) is 4. The molecule has 0 saturated heterocycles. The number of nitrogens with one attached hydrogen (secondary N) is 1. The van der Waals surface area contributed by atoms with Crippen LogP contribution in [0.25, 0.3) is 0 Å². The summed E-state index contributed by atoms with van der Waals surface area (Å²) >= 11 is 0. The zero-order valence-corrected chi connectivity index (χ0v) is 12.4. The van der Waals surface area contributed by atoms with Crippen LogP contribution in [0.4, 0.5) is 5.69 Å². The molecule has 0 aromatic heterocycles. The Morgan fingerprint density at radius 1 is 1.24 bits per heavy atom. The van der Waals surface area contributed by atoms with Gasteiger partial charge in [-0.05, 0) is 37.0 Å². The number of aromatic carboxylic acids is 1. The van der Waals surface area contributed by atoms with Crippen molar-refractivity contribution in [3.8, 4) is 5.75 Å². The van der Waals surface area contributed by atoms with Crippen LogP contribution in [0, 0.1) is 5.92 Å². The quantitative estimate of drug-likeness (QED) is 0.724. The SMILES string of the molecule is O=C(O)c1ccc(NS(=O)(=O)CC2CCCCC2)c(O)c1. The zero-order chi connectivity index (χ0) is 15.5. The molecular formula is C14H19NO5S. The summed E-state index contributed by atoms with van der Waals surface area (Å²) in [5, 5.41) is 18.5. The maximum atomic E-state index is 12.1. The smallest absolute Gasteiger partial charge is 0.335 e. The highest BCUT2D eigenvalue weighted by Gasteiger charge is 2.22. The largest absolute Gasteiger partial charge is 0.506 e. The molecule has 1 aromatic rings. The first kappa shape index (κ1) is 15.6. The molecule has 0 bridgehead atoms. The summed E-state index contributed by atoms with van der Waals surface area (Å²) < 4.78 is 26.5. The lowest BCUT2D eigenvalue weighted by molar-refractivity contribution is 0.0696. The molecule has 1 aliphatic rings. The fourth-order valence-electron chi connectivity index (χ4n) is 2.62. The van der Waals surface area contributed by atoms with Crippen LogP contribution < -0.4 is 4.72 Å². The van der Waals surface area contributed by atoms with Gasteiger partial charge < -0.3 is 10.2 Å². The molecule has 1 saturated carbocycles. The molecule has 1 aliphatic carbocycles. The van der Waals surface area contributed by atoms with Crippen molar-refractivity contribution in [1.29, 1.82) is 0 Å². The molecule has 2 rings (SSSR count). The summed E-state index contributed by atoms with van der Waals surface area (Å²) in [5.74, 6) is -1.38. The number of anilines is 1. The summed E-state index contributed by atoms with van der Waals surface area (Å²) in [4.78, 5) is 10.8. The molecule has 1 aromatic carbocycles. The molecule has 0 unspecified atom stereocenters. The monoisotopic (exact) mass is 313 g/mol. The summed E-state index contributed by atoms with van der Waals surface area (Å²) in [5.41, 5.74) is -0.0847. The Morgan fingerprint density at radius 2 is 1.90 bits per heavy atom. The van der Waals surface area contributed by atoms with Gasteiger partial charge in [-0.25, -0.2) is 13.2 Å². The highest BCUT2D eigenvalue weighted by molar-refractivity contribution is 7.92. The number of phenols is 1. The van der Waals surface area contributed by atoms with Gasteiger partial charge in [0.2, 0.25) is 10.0 Å². The number of carboxylic acids is 1. The van der Waals surface area contributed by atoms with Crippen LogP contribution in [0.5, 0.6) is 5.75 Å². The maximum Gasteiger partial charge on any atom is 0.335 e. The molecule has 3 N–H and O–H groups in total. The van der Waals surface area contributed by atoms with Gasteiger partial charge in [-0.3, -0.25) is 4.72 Å². The third-order valence-electron chi connectivity index (χ3n) is 3.69. The highest BCUT2D eigenvalue weighted by Crippen LogP contribution is 2.28. The van der Waals surface area contributed by atoms with Crippen molar-refractivity contribution in [1.82, 2.24) is 0 Å². The molecule has 0 spiro atoms. The van der Waals surface area contributed by atoms with Crippen LogP contribution in [-0.4, -0.2) is 30.4 Å². The molecular weight excluding hydrogens is 294 g/mol. The zero-order valence-electron chi connectivity index (χ0n) is 11.6. The number of aromatic hydroxyl groups is 1. The van der Waals surface area contributed by atoms with Crippen LogP contribution in [0.3, 0.4) is 0 Å². The minimum absolute atomic E-state index is 0.0100. The Labute approximate surface area is 123 Å². The predicted octanol–water partition coefficient (Wildman–Crippen LogP) is 2.41. The first-order chi connectivity index (χ1) is 9.87. The molecule has 0 heterocycles. The van der Waals surface area contributed by atoms with Gasteiger partial charge in [0.1, 0.15) is 5.75 Å². The normalized spacial score (nSPS) is 16.6. The summed E-state index contributed by atoms with van der Waals surface area (Å²) in [6, 6.07) is 3.54. The number of benzene rings is 1. The third kappa shape index (κ3) is 4.35. The van der Waals surface area contributed by atoms with Crippen LogP contribution in [0.1, 0.15) is 42.5 Å². The van der Waals surface area contributed by atoms with Gasteiger partial charge in [-0.15, -0.1) is 0 Å². The average molecular weight is 313 g/mol. The van der Waals surface area contributed by atoms with E-state index in [1.54, 1.807) is 0 Å². The number of carbonyl (C=O) groups is 1. The van der Waals surface area contributed by atoms with Gasteiger partial charge in [0.25, 0.3) is 0 Å². The van der Waals surface area contributed by atoms with Gasteiger partial charge in [0, 0.05) is 0 Å². The van der Waals surface area contributed by atoms with Crippen molar-refractivity contribution in [3.63, 3.8) is 0 Å². The Balaban J connectivity index is 2.07. The van der Waals surface area contributed by atoms with Crippen LogP contribution in [0.15, 0.2) is 18.2 Å². The van der Waals surface area contributed by atoms with E-state index in [4.69, 9.17) is 5.11 Å². The topological polar surface area (TPSA) is 104 Å². The molecule has 0 radical (unpaired) electrons. The van der Waals surface area contributed by atoms with Crippen molar-refractivity contribution in [2.45, 2.75) is 32.1 Å². The molecule has 0 amide bonds. The third-order valence-corrected chi connectivity index (χ3v) is 5.13. The number of carboxylic acid groups (broad SMARTS) is 1. The molecule has 7 heteroatoms. The van der Waals surface area contributed by atoms with Crippen LogP contribution in [0.2, 0.25) is 0 Å². The molecule has 1 fully saturated rings. The maximum absolute atomic E-state index is 12.1. The highest BCUT2D eigenvalue weighted by atomic mass is 32.2. The Morgan fingerprint density at radius 3 is 2.48 bits per heavy atom. The minimum Gasteiger partial charge on any atom is -0.506 e. The van der Waals surface area contributed by atoms with E-state index in [1.165, 1.54) is 12.1 Å². The summed E-state index contributed by atoms with van der Waals surface area (Å²) in [6.07, 6.45) is 5.08. The molecule has 0 atom stereocenters.